The zero-order chi connectivity index (χ0) is 14.4. The third kappa shape index (κ3) is 4.65. The number of halogens is 2. The maximum atomic E-state index is 13.3. The molecule has 104 valence electrons. The van der Waals surface area contributed by atoms with Crippen molar-refractivity contribution >= 4 is 11.9 Å². The average Bonchev–Trinajstić information content (AvgIpc) is 2.37. The second-order valence-corrected chi connectivity index (χ2v) is 4.26. The van der Waals surface area contributed by atoms with Gasteiger partial charge in [0.05, 0.1) is 5.92 Å². The van der Waals surface area contributed by atoms with Crippen LogP contribution in [-0.2, 0) is 16.0 Å². The highest BCUT2D eigenvalue weighted by atomic mass is 19.2. The number of aryl methyl sites for hydroxylation is 1. The lowest BCUT2D eigenvalue weighted by molar-refractivity contribution is -0.141. The van der Waals surface area contributed by atoms with Gasteiger partial charge in [-0.05, 0) is 18.1 Å². The topological polar surface area (TPSA) is 66.4 Å². The van der Waals surface area contributed by atoms with Crippen LogP contribution < -0.4 is 5.32 Å². The van der Waals surface area contributed by atoms with Crippen molar-refractivity contribution in [2.75, 3.05) is 6.54 Å². The average molecular weight is 271 g/mol. The maximum Gasteiger partial charge on any atom is 0.308 e. The monoisotopic (exact) mass is 271 g/mol. The number of nitrogens with one attached hydrogen (secondary N) is 1. The van der Waals surface area contributed by atoms with E-state index in [-0.39, 0.29) is 24.9 Å². The first-order chi connectivity index (χ1) is 8.91. The summed E-state index contributed by atoms with van der Waals surface area (Å²) in [7, 11) is 0. The molecule has 1 rings (SSSR count). The molecule has 0 aliphatic heterocycles. The van der Waals surface area contributed by atoms with Crippen LogP contribution in [-0.4, -0.2) is 23.5 Å². The van der Waals surface area contributed by atoms with Gasteiger partial charge in [-0.15, -0.1) is 0 Å². The smallest absolute Gasteiger partial charge is 0.308 e. The number of amides is 1. The van der Waals surface area contributed by atoms with E-state index in [2.05, 4.69) is 5.32 Å². The fourth-order valence-corrected chi connectivity index (χ4v) is 1.43. The van der Waals surface area contributed by atoms with E-state index in [4.69, 9.17) is 5.11 Å². The number of carbonyl (C=O) groups excluding carboxylic acids is 1. The lowest BCUT2D eigenvalue weighted by Crippen LogP contribution is -2.31. The molecule has 0 saturated heterocycles. The van der Waals surface area contributed by atoms with Gasteiger partial charge in [-0.2, -0.15) is 0 Å². The van der Waals surface area contributed by atoms with Crippen molar-refractivity contribution in [2.24, 2.45) is 5.92 Å². The van der Waals surface area contributed by atoms with Gasteiger partial charge < -0.3 is 10.4 Å². The second-order valence-electron chi connectivity index (χ2n) is 4.26. The number of rotatable bonds is 6. The Hall–Kier alpha value is -1.98. The van der Waals surface area contributed by atoms with Crippen molar-refractivity contribution in [3.8, 4) is 0 Å². The molecule has 1 aromatic carbocycles. The molecule has 0 heterocycles. The number of carboxylic acids is 1. The summed E-state index contributed by atoms with van der Waals surface area (Å²) in [4.78, 5) is 22.0. The van der Waals surface area contributed by atoms with Crippen molar-refractivity contribution in [1.29, 1.82) is 0 Å². The summed E-state index contributed by atoms with van der Waals surface area (Å²) in [5.41, 5.74) is 0.126. The number of aliphatic carboxylic acids is 1. The highest BCUT2D eigenvalue weighted by molar-refractivity contribution is 5.77. The number of hydrogen-bond acceptors (Lipinski definition) is 2. The van der Waals surface area contributed by atoms with E-state index in [0.717, 1.165) is 6.07 Å². The zero-order valence-electron chi connectivity index (χ0n) is 10.5. The van der Waals surface area contributed by atoms with Gasteiger partial charge in [-0.1, -0.05) is 19.1 Å². The van der Waals surface area contributed by atoms with Gasteiger partial charge in [0.2, 0.25) is 5.91 Å². The Bertz CT molecular complexity index is 477. The third-order valence-electron chi connectivity index (χ3n) is 2.68. The number of benzene rings is 1. The number of hydrogen-bond donors (Lipinski definition) is 2. The Kier molecular flexibility index (Phi) is 5.41. The second kappa shape index (κ2) is 6.82. The molecule has 0 spiro atoms. The molecule has 19 heavy (non-hydrogen) atoms. The van der Waals surface area contributed by atoms with Crippen molar-refractivity contribution in [3.05, 3.63) is 35.4 Å². The molecule has 1 aromatic rings. The van der Waals surface area contributed by atoms with Crippen LogP contribution in [0.25, 0.3) is 0 Å². The molecule has 0 aliphatic carbocycles. The van der Waals surface area contributed by atoms with E-state index in [1.165, 1.54) is 19.1 Å². The van der Waals surface area contributed by atoms with Crippen LogP contribution in [0.15, 0.2) is 18.2 Å². The molecule has 0 bridgehead atoms. The van der Waals surface area contributed by atoms with Gasteiger partial charge in [-0.25, -0.2) is 8.78 Å². The summed E-state index contributed by atoms with van der Waals surface area (Å²) in [5.74, 6) is -3.98. The molecule has 0 aromatic heterocycles. The fourth-order valence-electron chi connectivity index (χ4n) is 1.43. The molecular formula is C13H15F2NO3. The highest BCUT2D eigenvalue weighted by Gasteiger charge is 2.13. The van der Waals surface area contributed by atoms with Crippen LogP contribution in [0.5, 0.6) is 0 Å². The molecule has 0 aliphatic rings. The van der Waals surface area contributed by atoms with Gasteiger partial charge >= 0.3 is 5.97 Å². The third-order valence-corrected chi connectivity index (χ3v) is 2.68. The van der Waals surface area contributed by atoms with E-state index in [9.17, 15) is 18.4 Å². The van der Waals surface area contributed by atoms with Gasteiger partial charge in [0.1, 0.15) is 0 Å². The van der Waals surface area contributed by atoms with Crippen LogP contribution in [0.2, 0.25) is 0 Å². The summed E-state index contributed by atoms with van der Waals surface area (Å²) in [6.07, 6.45) is 0.0452. The van der Waals surface area contributed by atoms with E-state index < -0.39 is 29.4 Å². The molecule has 2 N–H and O–H groups in total. The maximum absolute atomic E-state index is 13.3. The largest absolute Gasteiger partial charge is 0.481 e. The summed E-state index contributed by atoms with van der Waals surface area (Å²) >= 11 is 0. The van der Waals surface area contributed by atoms with Gasteiger partial charge in [0.15, 0.2) is 11.6 Å². The molecule has 0 fully saturated rings. The number of carbonyl (C=O) groups is 2. The highest BCUT2D eigenvalue weighted by Crippen LogP contribution is 2.13. The molecular weight excluding hydrogens is 256 g/mol. The van der Waals surface area contributed by atoms with Crippen LogP contribution >= 0.6 is 0 Å². The van der Waals surface area contributed by atoms with Crippen LogP contribution in [0.1, 0.15) is 18.9 Å². The summed E-state index contributed by atoms with van der Waals surface area (Å²) in [6.45, 7) is 1.48. The minimum Gasteiger partial charge on any atom is -0.481 e. The lowest BCUT2D eigenvalue weighted by Gasteiger charge is -2.08. The summed E-state index contributed by atoms with van der Waals surface area (Å²) in [6, 6.07) is 3.79. The Labute approximate surface area is 109 Å². The van der Waals surface area contributed by atoms with Crippen molar-refractivity contribution in [3.63, 3.8) is 0 Å². The van der Waals surface area contributed by atoms with Crippen LogP contribution in [0.3, 0.4) is 0 Å². The Morgan fingerprint density at radius 3 is 2.68 bits per heavy atom. The van der Waals surface area contributed by atoms with E-state index in [1.807, 2.05) is 0 Å². The van der Waals surface area contributed by atoms with E-state index >= 15 is 0 Å². The van der Waals surface area contributed by atoms with E-state index in [1.54, 1.807) is 0 Å². The first-order valence-electron chi connectivity index (χ1n) is 5.84. The van der Waals surface area contributed by atoms with Crippen LogP contribution in [0, 0.1) is 17.6 Å². The summed E-state index contributed by atoms with van der Waals surface area (Å²) < 4.78 is 26.2. The molecule has 0 unspecified atom stereocenters. The number of carboxylic acid groups (broad SMARTS) is 1. The molecule has 4 nitrogen and oxygen atoms in total. The van der Waals surface area contributed by atoms with Crippen molar-refractivity contribution in [1.82, 2.24) is 5.32 Å². The molecule has 0 saturated carbocycles. The molecule has 6 heteroatoms. The normalized spacial score (nSPS) is 11.9. The van der Waals surface area contributed by atoms with Crippen LogP contribution in [0.4, 0.5) is 8.78 Å². The van der Waals surface area contributed by atoms with Crippen molar-refractivity contribution in [2.45, 2.75) is 19.8 Å². The zero-order valence-corrected chi connectivity index (χ0v) is 10.5. The first-order valence-corrected chi connectivity index (χ1v) is 5.84. The Balaban J connectivity index is 2.42. The SMILES string of the molecule is C[C@@H](CNC(=O)CCc1cccc(F)c1F)C(=O)O. The van der Waals surface area contributed by atoms with Crippen molar-refractivity contribution < 1.29 is 23.5 Å². The van der Waals surface area contributed by atoms with Gasteiger partial charge in [0, 0.05) is 13.0 Å². The Morgan fingerprint density at radius 1 is 1.37 bits per heavy atom. The van der Waals surface area contributed by atoms with Gasteiger partial charge in [-0.3, -0.25) is 9.59 Å². The molecule has 0 radical (unpaired) electrons. The minimum absolute atomic E-state index is 0.0137. The standard InChI is InChI=1S/C13H15F2NO3/c1-8(13(18)19)7-16-11(17)6-5-9-3-2-4-10(14)12(9)15/h2-4,8H,5-7H2,1H3,(H,16,17)(H,18,19)/t8-/m0/s1. The van der Waals surface area contributed by atoms with E-state index in [0.29, 0.717) is 0 Å². The lowest BCUT2D eigenvalue weighted by atomic mass is 10.1. The quantitative estimate of drug-likeness (QED) is 0.828. The summed E-state index contributed by atoms with van der Waals surface area (Å²) in [5, 5.41) is 11.1. The fraction of sp³-hybridized carbons (Fsp3) is 0.385. The molecule has 1 atom stereocenters. The minimum atomic E-state index is -1.00. The Morgan fingerprint density at radius 2 is 2.05 bits per heavy atom. The predicted octanol–water partition coefficient (Wildman–Crippen LogP) is 1.73. The molecule has 1 amide bonds. The first kappa shape index (κ1) is 15.1. The predicted molar refractivity (Wildman–Crippen MR) is 64.5 cm³/mol. The van der Waals surface area contributed by atoms with Gasteiger partial charge in [0.25, 0.3) is 0 Å².